The van der Waals surface area contributed by atoms with Crippen LogP contribution in [-0.2, 0) is 0 Å². The van der Waals surface area contributed by atoms with Gasteiger partial charge in [0.2, 0.25) is 0 Å². The molecule has 0 aliphatic carbocycles. The summed E-state index contributed by atoms with van der Waals surface area (Å²) in [6, 6.07) is 4.43. The summed E-state index contributed by atoms with van der Waals surface area (Å²) < 4.78 is 46.9. The smallest absolute Gasteiger partial charge is 0.491 e. The van der Waals surface area contributed by atoms with Crippen LogP contribution >= 0.6 is 0 Å². The molecular formula is C15H19F3O2. The Morgan fingerprint density at radius 3 is 2.45 bits per heavy atom. The van der Waals surface area contributed by atoms with E-state index in [4.69, 9.17) is 4.74 Å². The monoisotopic (exact) mass is 288 g/mol. The van der Waals surface area contributed by atoms with Gasteiger partial charge in [0.25, 0.3) is 0 Å². The summed E-state index contributed by atoms with van der Waals surface area (Å²) >= 11 is 0. The number of hydrogen-bond donors (Lipinski definition) is 0. The van der Waals surface area contributed by atoms with Crippen LogP contribution in [0.25, 0.3) is 5.57 Å². The van der Waals surface area contributed by atoms with E-state index in [0.29, 0.717) is 23.3 Å². The zero-order valence-electron chi connectivity index (χ0n) is 11.9. The summed E-state index contributed by atoms with van der Waals surface area (Å²) in [6.45, 7) is 9.34. The molecule has 20 heavy (non-hydrogen) atoms. The predicted molar refractivity (Wildman–Crippen MR) is 72.8 cm³/mol. The maximum atomic E-state index is 12.5. The molecule has 0 atom stereocenters. The fraction of sp³-hybridized carbons (Fsp3) is 0.467. The molecule has 0 fully saturated rings. The standard InChI is InChI=1S/C15H19F3O2/c1-5-6-11(4)13-8-7-12(19-10(2)3)9-14(13)20-15(16,17)18/h7-10H,4-6H2,1-3H3. The molecule has 0 saturated heterocycles. The van der Waals surface area contributed by atoms with Crippen molar-refractivity contribution in [2.45, 2.75) is 46.1 Å². The van der Waals surface area contributed by atoms with Crippen molar-refractivity contribution in [1.82, 2.24) is 0 Å². The summed E-state index contributed by atoms with van der Waals surface area (Å²) in [5, 5.41) is 0. The average molecular weight is 288 g/mol. The van der Waals surface area contributed by atoms with Crippen LogP contribution in [0.15, 0.2) is 24.8 Å². The van der Waals surface area contributed by atoms with Gasteiger partial charge in [0, 0.05) is 11.6 Å². The normalized spacial score (nSPS) is 11.6. The zero-order chi connectivity index (χ0) is 15.3. The second kappa shape index (κ2) is 6.68. The van der Waals surface area contributed by atoms with E-state index >= 15 is 0 Å². The van der Waals surface area contributed by atoms with E-state index in [9.17, 15) is 13.2 Å². The lowest BCUT2D eigenvalue weighted by Crippen LogP contribution is -2.18. The number of halogens is 3. The van der Waals surface area contributed by atoms with Crippen molar-refractivity contribution in [3.63, 3.8) is 0 Å². The molecule has 112 valence electrons. The van der Waals surface area contributed by atoms with Crippen molar-refractivity contribution in [2.24, 2.45) is 0 Å². The Morgan fingerprint density at radius 1 is 1.30 bits per heavy atom. The zero-order valence-corrected chi connectivity index (χ0v) is 11.9. The van der Waals surface area contributed by atoms with Crippen LogP contribution in [0.5, 0.6) is 11.5 Å². The SMILES string of the molecule is C=C(CCC)c1ccc(OC(C)C)cc1OC(F)(F)F. The van der Waals surface area contributed by atoms with Gasteiger partial charge in [-0.1, -0.05) is 19.9 Å². The highest BCUT2D eigenvalue weighted by Crippen LogP contribution is 2.35. The molecule has 0 N–H and O–H groups in total. The van der Waals surface area contributed by atoms with Crippen LogP contribution in [0.2, 0.25) is 0 Å². The molecule has 0 saturated carbocycles. The van der Waals surface area contributed by atoms with Crippen LogP contribution in [-0.4, -0.2) is 12.5 Å². The molecule has 0 aromatic heterocycles. The Bertz CT molecular complexity index is 465. The van der Waals surface area contributed by atoms with Gasteiger partial charge in [-0.25, -0.2) is 0 Å². The fourth-order valence-corrected chi connectivity index (χ4v) is 1.79. The van der Waals surface area contributed by atoms with Gasteiger partial charge >= 0.3 is 6.36 Å². The molecule has 0 heterocycles. The lowest BCUT2D eigenvalue weighted by atomic mass is 10.0. The van der Waals surface area contributed by atoms with Crippen LogP contribution < -0.4 is 9.47 Å². The molecule has 1 rings (SSSR count). The van der Waals surface area contributed by atoms with E-state index in [1.165, 1.54) is 6.07 Å². The number of benzene rings is 1. The maximum Gasteiger partial charge on any atom is 0.573 e. The van der Waals surface area contributed by atoms with Gasteiger partial charge in [-0.2, -0.15) is 0 Å². The van der Waals surface area contributed by atoms with Crippen molar-refractivity contribution in [3.8, 4) is 11.5 Å². The topological polar surface area (TPSA) is 18.5 Å². The lowest BCUT2D eigenvalue weighted by molar-refractivity contribution is -0.274. The minimum absolute atomic E-state index is 0.126. The van der Waals surface area contributed by atoms with E-state index in [1.54, 1.807) is 26.0 Å². The van der Waals surface area contributed by atoms with Crippen LogP contribution in [0.3, 0.4) is 0 Å². The molecule has 0 aliphatic rings. The second-order valence-electron chi connectivity index (χ2n) is 4.73. The van der Waals surface area contributed by atoms with Gasteiger partial charge in [0.15, 0.2) is 0 Å². The highest BCUT2D eigenvalue weighted by Gasteiger charge is 2.32. The number of rotatable bonds is 6. The summed E-state index contributed by atoms with van der Waals surface area (Å²) in [7, 11) is 0. The van der Waals surface area contributed by atoms with Crippen LogP contribution in [0, 0.1) is 0 Å². The first kappa shape index (κ1) is 16.4. The predicted octanol–water partition coefficient (Wildman–Crippen LogP) is 5.19. The third kappa shape index (κ3) is 5.15. The molecule has 0 spiro atoms. The number of alkyl halides is 3. The van der Waals surface area contributed by atoms with Crippen LogP contribution in [0.1, 0.15) is 39.2 Å². The Morgan fingerprint density at radius 2 is 1.95 bits per heavy atom. The summed E-state index contributed by atoms with van der Waals surface area (Å²) in [6.07, 6.45) is -3.45. The van der Waals surface area contributed by atoms with Gasteiger partial charge in [-0.15, -0.1) is 13.2 Å². The van der Waals surface area contributed by atoms with Crippen molar-refractivity contribution < 1.29 is 22.6 Å². The van der Waals surface area contributed by atoms with Gasteiger partial charge in [-0.3, -0.25) is 0 Å². The van der Waals surface area contributed by atoms with Crippen molar-refractivity contribution in [2.75, 3.05) is 0 Å². The van der Waals surface area contributed by atoms with Crippen molar-refractivity contribution >= 4 is 5.57 Å². The largest absolute Gasteiger partial charge is 0.573 e. The fourth-order valence-electron chi connectivity index (χ4n) is 1.79. The molecule has 0 amide bonds. The molecule has 2 nitrogen and oxygen atoms in total. The highest BCUT2D eigenvalue weighted by atomic mass is 19.4. The van der Waals surface area contributed by atoms with E-state index in [-0.39, 0.29) is 11.9 Å². The molecule has 1 aromatic carbocycles. The maximum absolute atomic E-state index is 12.5. The van der Waals surface area contributed by atoms with E-state index in [2.05, 4.69) is 11.3 Å². The number of ether oxygens (including phenoxy) is 2. The van der Waals surface area contributed by atoms with Gasteiger partial charge < -0.3 is 9.47 Å². The number of allylic oxidation sites excluding steroid dienone is 1. The highest BCUT2D eigenvalue weighted by molar-refractivity contribution is 5.69. The van der Waals surface area contributed by atoms with E-state index < -0.39 is 6.36 Å². The second-order valence-corrected chi connectivity index (χ2v) is 4.73. The summed E-state index contributed by atoms with van der Waals surface area (Å²) in [4.78, 5) is 0. The summed E-state index contributed by atoms with van der Waals surface area (Å²) in [5.74, 6) is 0.0707. The first-order valence-corrected chi connectivity index (χ1v) is 6.47. The van der Waals surface area contributed by atoms with Crippen molar-refractivity contribution in [1.29, 1.82) is 0 Å². The molecule has 1 aromatic rings. The van der Waals surface area contributed by atoms with Crippen LogP contribution in [0.4, 0.5) is 13.2 Å². The Balaban J connectivity index is 3.12. The van der Waals surface area contributed by atoms with Gasteiger partial charge in [0.05, 0.1) is 6.10 Å². The molecule has 5 heteroatoms. The summed E-state index contributed by atoms with van der Waals surface area (Å²) in [5.41, 5.74) is 0.975. The van der Waals surface area contributed by atoms with E-state index in [1.807, 2.05) is 6.92 Å². The van der Waals surface area contributed by atoms with E-state index in [0.717, 1.165) is 6.42 Å². The lowest BCUT2D eigenvalue weighted by Gasteiger charge is -2.17. The first-order valence-electron chi connectivity index (χ1n) is 6.47. The third-order valence-corrected chi connectivity index (χ3v) is 2.48. The molecule has 0 bridgehead atoms. The third-order valence-electron chi connectivity index (χ3n) is 2.48. The van der Waals surface area contributed by atoms with Gasteiger partial charge in [-0.05, 0) is 38.0 Å². The first-order chi connectivity index (χ1) is 9.23. The van der Waals surface area contributed by atoms with Crippen molar-refractivity contribution in [3.05, 3.63) is 30.3 Å². The Kier molecular flexibility index (Phi) is 5.48. The average Bonchev–Trinajstić information content (AvgIpc) is 2.26. The number of hydrogen-bond acceptors (Lipinski definition) is 2. The minimum Gasteiger partial charge on any atom is -0.491 e. The molecule has 0 radical (unpaired) electrons. The Labute approximate surface area is 117 Å². The minimum atomic E-state index is -4.74. The quantitative estimate of drug-likeness (QED) is 0.717. The molecular weight excluding hydrogens is 269 g/mol. The molecule has 0 aliphatic heterocycles. The Hall–Kier alpha value is -1.65. The van der Waals surface area contributed by atoms with Gasteiger partial charge in [0.1, 0.15) is 11.5 Å². The molecule has 0 unspecified atom stereocenters.